The summed E-state index contributed by atoms with van der Waals surface area (Å²) in [6.07, 6.45) is -3.42. The Balaban J connectivity index is 1.64. The van der Waals surface area contributed by atoms with Gasteiger partial charge in [-0.1, -0.05) is 18.2 Å². The molecule has 8 nitrogen and oxygen atoms in total. The summed E-state index contributed by atoms with van der Waals surface area (Å²) in [7, 11) is 3.46. The van der Waals surface area contributed by atoms with Crippen molar-refractivity contribution in [1.29, 1.82) is 0 Å². The highest BCUT2D eigenvalue weighted by molar-refractivity contribution is 5.92. The maximum atomic E-state index is 14.5. The first kappa shape index (κ1) is 25.5. The average molecular weight is 504 g/mol. The Morgan fingerprint density at radius 3 is 2.69 bits per heavy atom. The molecule has 0 bridgehead atoms. The number of amides is 1. The van der Waals surface area contributed by atoms with E-state index in [9.17, 15) is 18.0 Å². The second kappa shape index (κ2) is 10.6. The van der Waals surface area contributed by atoms with Gasteiger partial charge in [0.05, 0.1) is 18.2 Å². The lowest BCUT2D eigenvalue weighted by Gasteiger charge is -2.37. The van der Waals surface area contributed by atoms with E-state index in [1.165, 1.54) is 19.2 Å². The molecule has 192 valence electrons. The van der Waals surface area contributed by atoms with Crippen molar-refractivity contribution in [3.8, 4) is 11.5 Å². The molecule has 1 atom stereocenters. The predicted molar refractivity (Wildman–Crippen MR) is 129 cm³/mol. The summed E-state index contributed by atoms with van der Waals surface area (Å²) in [4.78, 5) is 25.6. The van der Waals surface area contributed by atoms with Crippen LogP contribution in [0.1, 0.15) is 30.3 Å². The van der Waals surface area contributed by atoms with Gasteiger partial charge >= 0.3 is 6.09 Å². The molecule has 0 radical (unpaired) electrons. The number of methoxy groups -OCH3 is 1. The van der Waals surface area contributed by atoms with E-state index >= 15 is 0 Å². The number of likely N-dealkylation sites (N-methyl/N-ethyl adjacent to an activating group) is 1. The van der Waals surface area contributed by atoms with Crippen molar-refractivity contribution < 1.29 is 27.4 Å². The Kier molecular flexibility index (Phi) is 7.48. The number of aromatic nitrogens is 2. The van der Waals surface area contributed by atoms with Gasteiger partial charge < -0.3 is 24.6 Å². The third-order valence-electron chi connectivity index (χ3n) is 6.15. The Morgan fingerprint density at radius 1 is 1.22 bits per heavy atom. The second-order valence-electron chi connectivity index (χ2n) is 8.79. The number of carbonyl (C=O) groups is 1. The minimum Gasteiger partial charge on any atom is -0.493 e. The molecule has 2 heterocycles. The molecule has 2 aromatic carbocycles. The number of benzene rings is 2. The zero-order valence-electron chi connectivity index (χ0n) is 20.5. The van der Waals surface area contributed by atoms with E-state index in [-0.39, 0.29) is 23.9 Å². The monoisotopic (exact) mass is 503 g/mol. The van der Waals surface area contributed by atoms with Gasteiger partial charge in [-0.3, -0.25) is 0 Å². The van der Waals surface area contributed by atoms with Gasteiger partial charge in [0.15, 0.2) is 11.5 Å². The summed E-state index contributed by atoms with van der Waals surface area (Å²) < 4.78 is 51.9. The van der Waals surface area contributed by atoms with Crippen LogP contribution >= 0.6 is 0 Å². The van der Waals surface area contributed by atoms with Gasteiger partial charge in [-0.25, -0.2) is 27.9 Å². The topological polar surface area (TPSA) is 79.8 Å². The van der Waals surface area contributed by atoms with Crippen molar-refractivity contribution in [3.05, 3.63) is 53.1 Å². The van der Waals surface area contributed by atoms with Crippen molar-refractivity contribution in [2.45, 2.75) is 32.9 Å². The maximum absolute atomic E-state index is 14.5. The van der Waals surface area contributed by atoms with Gasteiger partial charge in [-0.05, 0) is 27.0 Å². The van der Waals surface area contributed by atoms with E-state index in [1.807, 2.05) is 14.0 Å². The van der Waals surface area contributed by atoms with Crippen LogP contribution in [-0.2, 0) is 6.54 Å². The first-order valence-corrected chi connectivity index (χ1v) is 11.5. The van der Waals surface area contributed by atoms with Crippen LogP contribution in [0.4, 0.5) is 23.8 Å². The Morgan fingerprint density at radius 2 is 2.00 bits per heavy atom. The Bertz CT molecular complexity index is 1270. The van der Waals surface area contributed by atoms with E-state index in [1.54, 1.807) is 24.0 Å². The van der Waals surface area contributed by atoms with E-state index in [0.717, 1.165) is 19.2 Å². The molecule has 0 aliphatic carbocycles. The largest absolute Gasteiger partial charge is 0.493 e. The number of nitrogens with one attached hydrogen (secondary N) is 1. The number of halogens is 3. The van der Waals surface area contributed by atoms with E-state index in [0.29, 0.717) is 34.8 Å². The van der Waals surface area contributed by atoms with Gasteiger partial charge in [-0.2, -0.15) is 0 Å². The lowest BCUT2D eigenvalue weighted by Crippen LogP contribution is -2.53. The van der Waals surface area contributed by atoms with Crippen LogP contribution in [0.2, 0.25) is 0 Å². The highest BCUT2D eigenvalue weighted by atomic mass is 19.3. The lowest BCUT2D eigenvalue weighted by atomic mass is 10.1. The number of aryl methyl sites for hydroxylation is 1. The van der Waals surface area contributed by atoms with Crippen molar-refractivity contribution in [2.24, 2.45) is 0 Å². The molecule has 11 heteroatoms. The summed E-state index contributed by atoms with van der Waals surface area (Å²) in [6.45, 7) is 5.56. The zero-order chi connectivity index (χ0) is 26.0. The third-order valence-corrected chi connectivity index (χ3v) is 6.15. The molecule has 1 unspecified atom stereocenters. The summed E-state index contributed by atoms with van der Waals surface area (Å²) in [5, 5.41) is 3.51. The predicted octanol–water partition coefficient (Wildman–Crippen LogP) is 4.77. The normalized spacial score (nSPS) is 16.4. The molecule has 3 aromatic rings. The van der Waals surface area contributed by atoms with Crippen molar-refractivity contribution in [1.82, 2.24) is 19.8 Å². The number of carbonyl (C=O) groups excluding carboxylic acids is 1. The number of hydrogen-bond donors (Lipinski definition) is 1. The Hall–Kier alpha value is -3.60. The molecule has 1 N–H and O–H groups in total. The zero-order valence-corrected chi connectivity index (χ0v) is 20.5. The van der Waals surface area contributed by atoms with Crippen molar-refractivity contribution >= 4 is 22.8 Å². The highest BCUT2D eigenvalue weighted by Crippen LogP contribution is 2.35. The molecule has 0 spiro atoms. The van der Waals surface area contributed by atoms with E-state index < -0.39 is 23.9 Å². The molecule has 4 rings (SSSR count). The maximum Gasteiger partial charge on any atom is 0.415 e. The van der Waals surface area contributed by atoms with Crippen molar-refractivity contribution in [2.75, 3.05) is 39.1 Å². The molecule has 0 saturated carbocycles. The fourth-order valence-corrected chi connectivity index (χ4v) is 4.27. The molecule has 1 aliphatic heterocycles. The minimum absolute atomic E-state index is 0.0233. The smallest absolute Gasteiger partial charge is 0.415 e. The summed E-state index contributed by atoms with van der Waals surface area (Å²) in [5.74, 6) is 0.310. The van der Waals surface area contributed by atoms with E-state index in [2.05, 4.69) is 20.2 Å². The first-order valence-electron chi connectivity index (χ1n) is 11.5. The molecule has 1 amide bonds. The minimum atomic E-state index is -2.92. The molecule has 1 aliphatic rings. The van der Waals surface area contributed by atoms with Gasteiger partial charge in [0.25, 0.3) is 6.43 Å². The second-order valence-corrected chi connectivity index (χ2v) is 8.79. The van der Waals surface area contributed by atoms with Crippen LogP contribution in [0.3, 0.4) is 0 Å². The number of nitrogens with zero attached hydrogens (tertiary/aromatic N) is 4. The number of rotatable bonds is 6. The standard InChI is InChI=1S/C25H28F3N5O3/c1-14-13-32(3)8-9-33(14)25(34)36-21-10-18-19(11-20(21)35-4)30-15(2)31-24(18)29-12-16-6-5-7-17(22(16)26)23(27)28/h5-7,10-11,14,23H,8-9,12-13H2,1-4H3,(H,29,30,31). The van der Waals surface area contributed by atoms with Crippen molar-refractivity contribution in [3.63, 3.8) is 0 Å². The number of piperazine rings is 1. The van der Waals surface area contributed by atoms with Crippen LogP contribution in [0.5, 0.6) is 11.5 Å². The van der Waals surface area contributed by atoms with Crippen LogP contribution in [0, 0.1) is 12.7 Å². The summed E-state index contributed by atoms with van der Waals surface area (Å²) in [6, 6.07) is 7.06. The summed E-state index contributed by atoms with van der Waals surface area (Å²) in [5.41, 5.74) is -0.0760. The molecular weight excluding hydrogens is 475 g/mol. The third kappa shape index (κ3) is 5.30. The van der Waals surface area contributed by atoms with Gasteiger partial charge in [0.2, 0.25) is 0 Å². The van der Waals surface area contributed by atoms with E-state index in [4.69, 9.17) is 9.47 Å². The molecule has 1 saturated heterocycles. The quantitative estimate of drug-likeness (QED) is 0.519. The number of hydrogen-bond acceptors (Lipinski definition) is 7. The molecule has 36 heavy (non-hydrogen) atoms. The number of fused-ring (bicyclic) bond motifs is 1. The lowest BCUT2D eigenvalue weighted by molar-refractivity contribution is 0.0886. The number of ether oxygens (including phenoxy) is 2. The Labute approximate surface area is 207 Å². The van der Waals surface area contributed by atoms with Gasteiger partial charge in [0.1, 0.15) is 17.5 Å². The molecular formula is C25H28F3N5O3. The molecule has 1 fully saturated rings. The number of anilines is 1. The molecule has 1 aromatic heterocycles. The first-order chi connectivity index (χ1) is 17.2. The van der Waals surface area contributed by atoms with Gasteiger partial charge in [-0.15, -0.1) is 0 Å². The van der Waals surface area contributed by atoms with Crippen LogP contribution in [0.15, 0.2) is 30.3 Å². The summed E-state index contributed by atoms with van der Waals surface area (Å²) >= 11 is 0. The van der Waals surface area contributed by atoms with Crippen LogP contribution in [0.25, 0.3) is 10.9 Å². The fourth-order valence-electron chi connectivity index (χ4n) is 4.27. The van der Waals surface area contributed by atoms with Crippen LogP contribution < -0.4 is 14.8 Å². The highest BCUT2D eigenvalue weighted by Gasteiger charge is 2.28. The number of alkyl halides is 2. The average Bonchev–Trinajstić information content (AvgIpc) is 2.82. The van der Waals surface area contributed by atoms with Crippen LogP contribution in [-0.4, -0.2) is 65.7 Å². The SMILES string of the molecule is COc1cc2nc(C)nc(NCc3cccc(C(F)F)c3F)c2cc1OC(=O)N1CCN(C)CC1C. The fraction of sp³-hybridized carbons (Fsp3) is 0.400. The van der Waals surface area contributed by atoms with Gasteiger partial charge in [0, 0.05) is 49.2 Å².